The van der Waals surface area contributed by atoms with Crippen molar-refractivity contribution in [2.45, 2.75) is 126 Å². The van der Waals surface area contributed by atoms with Crippen molar-refractivity contribution in [1.29, 1.82) is 0 Å². The molecule has 4 amide bonds. The lowest BCUT2D eigenvalue weighted by molar-refractivity contribution is -0.141. The van der Waals surface area contributed by atoms with Crippen LogP contribution in [0.4, 0.5) is 4.79 Å². The zero-order chi connectivity index (χ0) is 39.3. The van der Waals surface area contributed by atoms with E-state index in [1.54, 1.807) is 20.1 Å². The fourth-order valence-electron chi connectivity index (χ4n) is 8.07. The first-order valence-corrected chi connectivity index (χ1v) is 20.9. The predicted molar refractivity (Wildman–Crippen MR) is 202 cm³/mol. The summed E-state index contributed by atoms with van der Waals surface area (Å²) < 4.78 is 45.3. The second kappa shape index (κ2) is 14.6. The number of alkyl carbamates (subject to hydrolysis) is 1. The van der Waals surface area contributed by atoms with Gasteiger partial charge in [-0.15, -0.1) is 0 Å². The molecular formula is C39H52N6O9S. The van der Waals surface area contributed by atoms with Crippen LogP contribution >= 0.6 is 0 Å². The van der Waals surface area contributed by atoms with E-state index in [1.807, 2.05) is 39.0 Å². The molecule has 2 aliphatic carbocycles. The summed E-state index contributed by atoms with van der Waals surface area (Å²) in [7, 11) is -2.45. The summed E-state index contributed by atoms with van der Waals surface area (Å²) in [5, 5.41) is 5.72. The molecule has 7 rings (SSSR count). The molecule has 15 nitrogen and oxygen atoms in total. The lowest BCUT2D eigenvalue weighted by Crippen LogP contribution is -2.58. The Labute approximate surface area is 321 Å². The van der Waals surface area contributed by atoms with E-state index in [4.69, 9.17) is 19.2 Å². The van der Waals surface area contributed by atoms with Crippen molar-refractivity contribution >= 4 is 44.9 Å². The van der Waals surface area contributed by atoms with Crippen molar-refractivity contribution in [3.63, 3.8) is 0 Å². The number of nitrogens with zero attached hydrogens (tertiary/aromatic N) is 3. The number of ether oxygens (including phenoxy) is 3. The van der Waals surface area contributed by atoms with Crippen LogP contribution in [-0.2, 0) is 35.6 Å². The van der Waals surface area contributed by atoms with Crippen LogP contribution in [0, 0.1) is 18.8 Å². The lowest BCUT2D eigenvalue weighted by atomic mass is 9.88. The van der Waals surface area contributed by atoms with Gasteiger partial charge in [0.1, 0.15) is 29.0 Å². The van der Waals surface area contributed by atoms with Gasteiger partial charge in [-0.2, -0.15) is 0 Å². The average Bonchev–Trinajstić information content (AvgIpc) is 4.04. The fraction of sp³-hybridized carbons (Fsp3) is 0.641. The fourth-order valence-corrected chi connectivity index (χ4v) is 9.38. The third-order valence-electron chi connectivity index (χ3n) is 11.8. The Hall–Kier alpha value is -4.47. The van der Waals surface area contributed by atoms with Crippen LogP contribution in [0.15, 0.2) is 24.3 Å². The highest BCUT2D eigenvalue weighted by Crippen LogP contribution is 2.49. The number of methoxy groups -OCH3 is 1. The van der Waals surface area contributed by atoms with Crippen LogP contribution in [0.5, 0.6) is 11.6 Å². The summed E-state index contributed by atoms with van der Waals surface area (Å²) in [6, 6.07) is 1.50. The molecule has 3 aliphatic heterocycles. The molecule has 5 unspecified atom stereocenters. The lowest BCUT2D eigenvalue weighted by Gasteiger charge is -2.36. The number of nitrogens with one attached hydrogen (secondary N) is 3. The van der Waals surface area contributed by atoms with Gasteiger partial charge in [-0.05, 0) is 77.2 Å². The number of rotatable bonds is 7. The van der Waals surface area contributed by atoms with Crippen LogP contribution in [-0.4, -0.2) is 95.3 Å². The third kappa shape index (κ3) is 7.58. The molecule has 5 atom stereocenters. The van der Waals surface area contributed by atoms with Gasteiger partial charge in [-0.3, -0.25) is 19.1 Å². The Kier molecular flexibility index (Phi) is 10.3. The maximum absolute atomic E-state index is 14.7. The number of pyridine rings is 2. The van der Waals surface area contributed by atoms with Gasteiger partial charge in [-0.25, -0.2) is 23.2 Å². The Morgan fingerprint density at radius 1 is 1.11 bits per heavy atom. The summed E-state index contributed by atoms with van der Waals surface area (Å²) in [5.74, 6) is -1.23. The summed E-state index contributed by atoms with van der Waals surface area (Å²) in [6.07, 6.45) is 8.49. The highest BCUT2D eigenvalue weighted by Gasteiger charge is 2.64. The SMILES string of the molecule is COc1ccc2nc(C)c3c(c2n1)CCC1(CC2C(=O)NC4(C(=O)NS(=O)(=O)C5(C)CC5)CC4C=CCCCCCC(NC(=O)OCC(C)C)C(=O)N2C1)O3. The number of fused-ring (bicyclic) bond motifs is 5. The smallest absolute Gasteiger partial charge is 0.407 e. The zero-order valence-electron chi connectivity index (χ0n) is 32.2. The molecule has 2 aromatic rings. The van der Waals surface area contributed by atoms with Gasteiger partial charge in [0.25, 0.3) is 5.91 Å². The number of aromatic nitrogens is 2. The minimum Gasteiger partial charge on any atom is -0.483 e. The number of allylic oxidation sites excluding steroid dienone is 1. The van der Waals surface area contributed by atoms with E-state index in [0.29, 0.717) is 73.3 Å². The van der Waals surface area contributed by atoms with Gasteiger partial charge in [0.05, 0.1) is 41.7 Å². The zero-order valence-corrected chi connectivity index (χ0v) is 33.1. The molecule has 0 radical (unpaired) electrons. The number of hydrogen-bond acceptors (Lipinski definition) is 11. The van der Waals surface area contributed by atoms with Crippen LogP contribution in [0.1, 0.15) is 96.2 Å². The van der Waals surface area contributed by atoms with Crippen LogP contribution in [0.2, 0.25) is 0 Å². The Morgan fingerprint density at radius 3 is 2.62 bits per heavy atom. The number of aryl methyl sites for hydroxylation is 2. The highest BCUT2D eigenvalue weighted by atomic mass is 32.2. The quantitative estimate of drug-likeness (QED) is 0.347. The van der Waals surface area contributed by atoms with Gasteiger partial charge < -0.3 is 29.7 Å². The molecular weight excluding hydrogens is 729 g/mol. The second-order valence-corrected chi connectivity index (χ2v) is 18.8. The number of carbonyl (C=O) groups is 4. The monoisotopic (exact) mass is 780 g/mol. The minimum atomic E-state index is -3.99. The largest absolute Gasteiger partial charge is 0.483 e. The topological polar surface area (TPSA) is 195 Å². The molecule has 298 valence electrons. The molecule has 55 heavy (non-hydrogen) atoms. The van der Waals surface area contributed by atoms with E-state index >= 15 is 0 Å². The summed E-state index contributed by atoms with van der Waals surface area (Å²) in [4.78, 5) is 67.1. The Morgan fingerprint density at radius 2 is 1.89 bits per heavy atom. The van der Waals surface area contributed by atoms with Crippen LogP contribution < -0.4 is 24.8 Å². The second-order valence-electron chi connectivity index (χ2n) is 16.6. The number of hydrogen-bond donors (Lipinski definition) is 3. The maximum atomic E-state index is 14.7. The van der Waals surface area contributed by atoms with E-state index in [2.05, 4.69) is 20.3 Å². The Balaban J connectivity index is 1.23. The van der Waals surface area contributed by atoms with E-state index < -0.39 is 67.7 Å². The summed E-state index contributed by atoms with van der Waals surface area (Å²) >= 11 is 0. The van der Waals surface area contributed by atoms with Gasteiger partial charge >= 0.3 is 6.09 Å². The van der Waals surface area contributed by atoms with Crippen molar-refractivity contribution in [2.75, 3.05) is 20.3 Å². The molecule has 3 fully saturated rings. The molecule has 2 saturated carbocycles. The first-order chi connectivity index (χ1) is 26.1. The van der Waals surface area contributed by atoms with Crippen molar-refractivity contribution in [3.05, 3.63) is 35.5 Å². The van der Waals surface area contributed by atoms with E-state index in [-0.39, 0.29) is 31.9 Å². The normalized spacial score (nSPS) is 28.8. The minimum absolute atomic E-state index is 0.0286. The first kappa shape index (κ1) is 38.8. The number of amides is 4. The van der Waals surface area contributed by atoms with E-state index in [1.165, 1.54) is 4.90 Å². The standard InChI is InChI=1S/C39H52N6O9S/c1-23(2)21-53-36(49)41-28-12-10-8-6-7-9-11-25-19-39(25,35(48)44-55(50,51)37(4)17-18-37)43-33(46)29-20-38(22-45(29)34(28)47)16-15-26-31-27(13-14-30(42-31)52-5)40-24(3)32(26)54-38/h9,11,13-14,23,25,28-29H,6-8,10,12,15-22H2,1-5H3,(H,41,49)(H,43,46)(H,44,48). The van der Waals surface area contributed by atoms with Crippen molar-refractivity contribution in [3.8, 4) is 11.6 Å². The van der Waals surface area contributed by atoms with Crippen molar-refractivity contribution < 1.29 is 41.8 Å². The molecule has 3 N–H and O–H groups in total. The highest BCUT2D eigenvalue weighted by molar-refractivity contribution is 7.91. The molecule has 5 heterocycles. The van der Waals surface area contributed by atoms with Gasteiger partial charge in [0.15, 0.2) is 0 Å². The predicted octanol–water partition coefficient (Wildman–Crippen LogP) is 3.76. The first-order valence-electron chi connectivity index (χ1n) is 19.4. The van der Waals surface area contributed by atoms with Gasteiger partial charge in [-0.1, -0.05) is 38.8 Å². The van der Waals surface area contributed by atoms with E-state index in [0.717, 1.165) is 18.4 Å². The van der Waals surface area contributed by atoms with Crippen LogP contribution in [0.25, 0.3) is 11.0 Å². The molecule has 16 heteroatoms. The molecule has 1 saturated heterocycles. The molecule has 0 aromatic carbocycles. The number of sulfonamides is 1. The summed E-state index contributed by atoms with van der Waals surface area (Å²) in [6.45, 7) is 7.47. The molecule has 2 aromatic heterocycles. The third-order valence-corrected chi connectivity index (χ3v) is 14.0. The van der Waals surface area contributed by atoms with Crippen molar-refractivity contribution in [1.82, 2.24) is 30.2 Å². The average molecular weight is 781 g/mol. The maximum Gasteiger partial charge on any atom is 0.407 e. The van der Waals surface area contributed by atoms with Gasteiger partial charge in [0, 0.05) is 24.0 Å². The van der Waals surface area contributed by atoms with Crippen LogP contribution in [0.3, 0.4) is 0 Å². The Bertz CT molecular complexity index is 2030. The number of carbonyl (C=O) groups excluding carboxylic acids is 4. The van der Waals surface area contributed by atoms with E-state index in [9.17, 15) is 27.6 Å². The van der Waals surface area contributed by atoms with Crippen molar-refractivity contribution in [2.24, 2.45) is 11.8 Å². The molecule has 0 bridgehead atoms. The molecule has 1 spiro atoms. The van der Waals surface area contributed by atoms with Gasteiger partial charge in [0.2, 0.25) is 27.7 Å². The molecule has 5 aliphatic rings. The summed E-state index contributed by atoms with van der Waals surface area (Å²) in [5.41, 5.74) is 0.302.